The number of benzene rings is 1. The van der Waals surface area contributed by atoms with Gasteiger partial charge in [0.25, 0.3) is 0 Å². The van der Waals surface area contributed by atoms with Crippen LogP contribution >= 0.6 is 0 Å². The second kappa shape index (κ2) is 3.38. The van der Waals surface area contributed by atoms with Crippen molar-refractivity contribution in [1.29, 1.82) is 0 Å². The standard InChI is InChI=1S/C11H16N2/c1-9-6-7-13(9)11-4-2-10(8-12)3-5-11/h2-5,9H,6-8,12H2,1H3. The first-order chi connectivity index (χ1) is 6.31. The van der Waals surface area contributed by atoms with Crippen molar-refractivity contribution in [3.05, 3.63) is 29.8 Å². The molecule has 2 N–H and O–H groups in total. The fourth-order valence-corrected chi connectivity index (χ4v) is 1.72. The van der Waals surface area contributed by atoms with Crippen LogP contribution < -0.4 is 10.6 Å². The Balaban J connectivity index is 2.13. The summed E-state index contributed by atoms with van der Waals surface area (Å²) in [6.45, 7) is 4.10. The highest BCUT2D eigenvalue weighted by Gasteiger charge is 2.22. The quantitative estimate of drug-likeness (QED) is 0.743. The van der Waals surface area contributed by atoms with Crippen LogP contribution in [-0.4, -0.2) is 12.6 Å². The predicted octanol–water partition coefficient (Wildman–Crippen LogP) is 1.74. The maximum Gasteiger partial charge on any atom is 0.0368 e. The molecule has 1 unspecified atom stereocenters. The van der Waals surface area contributed by atoms with Crippen molar-refractivity contribution in [3.63, 3.8) is 0 Å². The largest absolute Gasteiger partial charge is 0.369 e. The van der Waals surface area contributed by atoms with Crippen LogP contribution in [0.4, 0.5) is 5.69 Å². The summed E-state index contributed by atoms with van der Waals surface area (Å²) in [5, 5.41) is 0. The van der Waals surface area contributed by atoms with E-state index in [9.17, 15) is 0 Å². The second-order valence-corrected chi connectivity index (χ2v) is 3.70. The van der Waals surface area contributed by atoms with E-state index in [1.54, 1.807) is 0 Å². The Morgan fingerprint density at radius 2 is 2.08 bits per heavy atom. The summed E-state index contributed by atoms with van der Waals surface area (Å²) in [4.78, 5) is 2.42. The minimum absolute atomic E-state index is 0.635. The molecule has 1 aliphatic rings. The Morgan fingerprint density at radius 3 is 2.46 bits per heavy atom. The minimum atomic E-state index is 0.635. The summed E-state index contributed by atoms with van der Waals surface area (Å²) in [5.74, 6) is 0. The van der Waals surface area contributed by atoms with Crippen molar-refractivity contribution in [3.8, 4) is 0 Å². The van der Waals surface area contributed by atoms with Crippen molar-refractivity contribution in [2.45, 2.75) is 25.9 Å². The molecule has 70 valence electrons. The third kappa shape index (κ3) is 1.54. The Morgan fingerprint density at radius 1 is 1.38 bits per heavy atom. The van der Waals surface area contributed by atoms with Gasteiger partial charge in [0.15, 0.2) is 0 Å². The molecule has 0 spiro atoms. The highest BCUT2D eigenvalue weighted by Crippen LogP contribution is 2.25. The van der Waals surface area contributed by atoms with E-state index < -0.39 is 0 Å². The number of nitrogens with zero attached hydrogens (tertiary/aromatic N) is 1. The van der Waals surface area contributed by atoms with E-state index in [1.807, 2.05) is 0 Å². The van der Waals surface area contributed by atoms with Gasteiger partial charge in [0, 0.05) is 24.8 Å². The van der Waals surface area contributed by atoms with E-state index in [2.05, 4.69) is 36.1 Å². The molecule has 1 saturated heterocycles. The van der Waals surface area contributed by atoms with Gasteiger partial charge in [-0.05, 0) is 31.0 Å². The van der Waals surface area contributed by atoms with Gasteiger partial charge in [-0.25, -0.2) is 0 Å². The molecule has 13 heavy (non-hydrogen) atoms. The smallest absolute Gasteiger partial charge is 0.0368 e. The van der Waals surface area contributed by atoms with Crippen LogP contribution in [0.1, 0.15) is 18.9 Å². The van der Waals surface area contributed by atoms with Crippen LogP contribution in [-0.2, 0) is 6.54 Å². The highest BCUT2D eigenvalue weighted by atomic mass is 15.2. The van der Waals surface area contributed by atoms with Gasteiger partial charge in [-0.3, -0.25) is 0 Å². The van der Waals surface area contributed by atoms with Crippen LogP contribution in [0.5, 0.6) is 0 Å². The molecule has 0 amide bonds. The molecule has 1 heterocycles. The lowest BCUT2D eigenvalue weighted by atomic mass is 10.0. The first-order valence-corrected chi connectivity index (χ1v) is 4.87. The zero-order valence-corrected chi connectivity index (χ0v) is 8.03. The van der Waals surface area contributed by atoms with Crippen molar-refractivity contribution in [2.75, 3.05) is 11.4 Å². The molecule has 0 aromatic heterocycles. The number of rotatable bonds is 2. The van der Waals surface area contributed by atoms with Crippen LogP contribution in [0, 0.1) is 0 Å². The Hall–Kier alpha value is -1.02. The molecule has 2 rings (SSSR count). The molecule has 0 saturated carbocycles. The fourth-order valence-electron chi connectivity index (χ4n) is 1.72. The summed E-state index contributed by atoms with van der Waals surface area (Å²) < 4.78 is 0. The number of nitrogens with two attached hydrogens (primary N) is 1. The van der Waals surface area contributed by atoms with E-state index >= 15 is 0 Å². The lowest BCUT2D eigenvalue weighted by Gasteiger charge is -2.40. The molecule has 0 radical (unpaired) electrons. The third-order valence-corrected chi connectivity index (χ3v) is 2.82. The average molecular weight is 176 g/mol. The number of anilines is 1. The molecular formula is C11H16N2. The lowest BCUT2D eigenvalue weighted by molar-refractivity contribution is 0.481. The van der Waals surface area contributed by atoms with E-state index in [4.69, 9.17) is 5.73 Å². The summed E-state index contributed by atoms with van der Waals surface area (Å²) in [6, 6.07) is 9.26. The molecule has 1 aliphatic heterocycles. The van der Waals surface area contributed by atoms with Crippen LogP contribution in [0.2, 0.25) is 0 Å². The SMILES string of the molecule is CC1CCN1c1ccc(CN)cc1. The second-order valence-electron chi connectivity index (χ2n) is 3.70. The van der Waals surface area contributed by atoms with Gasteiger partial charge in [-0.15, -0.1) is 0 Å². The molecule has 1 aromatic rings. The molecule has 1 atom stereocenters. The maximum atomic E-state index is 5.54. The molecule has 2 heteroatoms. The van der Waals surface area contributed by atoms with Gasteiger partial charge >= 0.3 is 0 Å². The Kier molecular flexibility index (Phi) is 2.23. The van der Waals surface area contributed by atoms with E-state index in [0.717, 1.165) is 0 Å². The minimum Gasteiger partial charge on any atom is -0.369 e. The van der Waals surface area contributed by atoms with E-state index in [0.29, 0.717) is 12.6 Å². The van der Waals surface area contributed by atoms with E-state index in [1.165, 1.54) is 24.2 Å². The highest BCUT2D eigenvalue weighted by molar-refractivity contribution is 5.50. The Bertz CT molecular complexity index is 279. The summed E-state index contributed by atoms with van der Waals surface area (Å²) in [6.07, 6.45) is 1.32. The molecular weight excluding hydrogens is 160 g/mol. The number of hydrogen-bond donors (Lipinski definition) is 1. The normalized spacial score (nSPS) is 21.4. The van der Waals surface area contributed by atoms with Gasteiger partial charge in [-0.1, -0.05) is 12.1 Å². The zero-order valence-electron chi connectivity index (χ0n) is 8.03. The first kappa shape index (κ1) is 8.57. The van der Waals surface area contributed by atoms with Gasteiger partial charge < -0.3 is 10.6 Å². The Labute approximate surface area is 79.4 Å². The summed E-state index contributed by atoms with van der Waals surface area (Å²) in [7, 11) is 0. The fraction of sp³-hybridized carbons (Fsp3) is 0.455. The zero-order chi connectivity index (χ0) is 9.26. The lowest BCUT2D eigenvalue weighted by Crippen LogP contribution is -2.45. The van der Waals surface area contributed by atoms with Crippen LogP contribution in [0.25, 0.3) is 0 Å². The molecule has 0 bridgehead atoms. The van der Waals surface area contributed by atoms with Crippen molar-refractivity contribution in [1.82, 2.24) is 0 Å². The number of hydrogen-bond acceptors (Lipinski definition) is 2. The van der Waals surface area contributed by atoms with Gasteiger partial charge in [-0.2, -0.15) is 0 Å². The van der Waals surface area contributed by atoms with Gasteiger partial charge in [0.2, 0.25) is 0 Å². The van der Waals surface area contributed by atoms with Crippen molar-refractivity contribution < 1.29 is 0 Å². The summed E-state index contributed by atoms with van der Waals surface area (Å²) in [5.41, 5.74) is 8.07. The third-order valence-electron chi connectivity index (χ3n) is 2.82. The average Bonchev–Trinajstić information content (AvgIpc) is 2.17. The molecule has 2 nitrogen and oxygen atoms in total. The van der Waals surface area contributed by atoms with Crippen LogP contribution in [0.15, 0.2) is 24.3 Å². The van der Waals surface area contributed by atoms with E-state index in [-0.39, 0.29) is 0 Å². The maximum absolute atomic E-state index is 5.54. The van der Waals surface area contributed by atoms with Crippen LogP contribution in [0.3, 0.4) is 0 Å². The molecule has 1 fully saturated rings. The van der Waals surface area contributed by atoms with Crippen molar-refractivity contribution in [2.24, 2.45) is 5.73 Å². The monoisotopic (exact) mass is 176 g/mol. The van der Waals surface area contributed by atoms with Crippen molar-refractivity contribution >= 4 is 5.69 Å². The summed E-state index contributed by atoms with van der Waals surface area (Å²) >= 11 is 0. The topological polar surface area (TPSA) is 29.3 Å². The molecule has 1 aromatic carbocycles. The first-order valence-electron chi connectivity index (χ1n) is 4.87. The van der Waals surface area contributed by atoms with Gasteiger partial charge in [0.1, 0.15) is 0 Å². The molecule has 0 aliphatic carbocycles. The van der Waals surface area contributed by atoms with Gasteiger partial charge in [0.05, 0.1) is 0 Å². The predicted molar refractivity (Wildman–Crippen MR) is 55.8 cm³/mol.